The molecule has 1 aromatic rings. The molecule has 100 valence electrons. The maximum atomic E-state index is 12.0. The summed E-state index contributed by atoms with van der Waals surface area (Å²) < 4.78 is 0. The zero-order chi connectivity index (χ0) is 14.0. The van der Waals surface area contributed by atoms with Crippen molar-refractivity contribution in [2.75, 3.05) is 5.32 Å². The summed E-state index contributed by atoms with van der Waals surface area (Å²) in [5.41, 5.74) is 6.57. The Morgan fingerprint density at radius 2 is 2.21 bits per heavy atom. The maximum absolute atomic E-state index is 12.0. The van der Waals surface area contributed by atoms with Crippen LogP contribution in [0.1, 0.15) is 12.0 Å². The molecule has 0 saturated heterocycles. The van der Waals surface area contributed by atoms with Crippen molar-refractivity contribution in [2.45, 2.75) is 19.4 Å². The van der Waals surface area contributed by atoms with Crippen LogP contribution in [0.2, 0.25) is 0 Å². The van der Waals surface area contributed by atoms with Crippen LogP contribution < -0.4 is 11.1 Å². The number of rotatable bonds is 3. The van der Waals surface area contributed by atoms with Gasteiger partial charge >= 0.3 is 0 Å². The van der Waals surface area contributed by atoms with E-state index < -0.39 is 4.92 Å². The Bertz CT molecular complexity index is 554. The van der Waals surface area contributed by atoms with Crippen molar-refractivity contribution < 1.29 is 9.72 Å². The van der Waals surface area contributed by atoms with E-state index in [1.54, 1.807) is 31.2 Å². The second kappa shape index (κ2) is 5.19. The minimum atomic E-state index is -0.501. The summed E-state index contributed by atoms with van der Waals surface area (Å²) in [6.07, 6.45) is 4.04. The predicted molar refractivity (Wildman–Crippen MR) is 71.7 cm³/mol. The molecule has 2 atom stereocenters. The lowest BCUT2D eigenvalue weighted by Crippen LogP contribution is -2.24. The smallest absolute Gasteiger partial charge is 0.293 e. The molecule has 1 aliphatic carbocycles. The number of anilines is 1. The molecule has 0 aromatic heterocycles. The Morgan fingerprint density at radius 1 is 1.47 bits per heavy atom. The van der Waals surface area contributed by atoms with Crippen LogP contribution in [0.4, 0.5) is 11.4 Å². The van der Waals surface area contributed by atoms with Crippen LogP contribution >= 0.6 is 0 Å². The van der Waals surface area contributed by atoms with Gasteiger partial charge in [0.1, 0.15) is 5.69 Å². The molecule has 1 amide bonds. The first-order valence-electron chi connectivity index (χ1n) is 5.97. The van der Waals surface area contributed by atoms with Crippen molar-refractivity contribution in [1.82, 2.24) is 0 Å². The maximum Gasteiger partial charge on any atom is 0.293 e. The van der Waals surface area contributed by atoms with E-state index in [2.05, 4.69) is 5.32 Å². The number of hydrogen-bond donors (Lipinski definition) is 2. The minimum Gasteiger partial charge on any atom is -0.324 e. The zero-order valence-corrected chi connectivity index (χ0v) is 10.5. The summed E-state index contributed by atoms with van der Waals surface area (Å²) >= 11 is 0. The third-order valence-corrected chi connectivity index (χ3v) is 3.06. The topological polar surface area (TPSA) is 98.3 Å². The lowest BCUT2D eigenvalue weighted by atomic mass is 10.1. The van der Waals surface area contributed by atoms with Crippen molar-refractivity contribution in [1.29, 1.82) is 0 Å². The predicted octanol–water partition coefficient (Wildman–Crippen LogP) is 1.75. The average Bonchev–Trinajstić information content (AvgIpc) is 2.78. The number of amides is 1. The zero-order valence-electron chi connectivity index (χ0n) is 10.5. The van der Waals surface area contributed by atoms with Crippen molar-refractivity contribution in [2.24, 2.45) is 11.7 Å². The summed E-state index contributed by atoms with van der Waals surface area (Å²) in [6, 6.07) is 4.58. The monoisotopic (exact) mass is 261 g/mol. The molecular formula is C13H15N3O3. The quantitative estimate of drug-likeness (QED) is 0.492. The Kier molecular flexibility index (Phi) is 3.62. The molecule has 0 saturated carbocycles. The van der Waals surface area contributed by atoms with Crippen molar-refractivity contribution >= 4 is 17.3 Å². The number of carbonyl (C=O) groups is 1. The molecule has 2 unspecified atom stereocenters. The Labute approximate surface area is 110 Å². The summed E-state index contributed by atoms with van der Waals surface area (Å²) in [5, 5.41) is 13.5. The first-order valence-corrected chi connectivity index (χ1v) is 5.97. The highest BCUT2D eigenvalue weighted by atomic mass is 16.6. The highest BCUT2D eigenvalue weighted by Crippen LogP contribution is 2.27. The molecule has 0 bridgehead atoms. The Balaban J connectivity index is 2.17. The highest BCUT2D eigenvalue weighted by Gasteiger charge is 2.24. The van der Waals surface area contributed by atoms with E-state index in [1.807, 2.05) is 0 Å². The number of benzene rings is 1. The molecule has 0 fully saturated rings. The summed E-state index contributed by atoms with van der Waals surface area (Å²) in [5.74, 6) is -0.591. The lowest BCUT2D eigenvalue weighted by molar-refractivity contribution is -0.384. The van der Waals surface area contributed by atoms with Gasteiger partial charge in [-0.3, -0.25) is 14.9 Å². The third-order valence-electron chi connectivity index (χ3n) is 3.06. The largest absolute Gasteiger partial charge is 0.324 e. The van der Waals surface area contributed by atoms with Gasteiger partial charge in [0, 0.05) is 12.1 Å². The number of nitro benzene ring substituents is 1. The van der Waals surface area contributed by atoms with Crippen LogP contribution in [0, 0.1) is 23.0 Å². The molecule has 19 heavy (non-hydrogen) atoms. The van der Waals surface area contributed by atoms with E-state index in [4.69, 9.17) is 5.73 Å². The molecular weight excluding hydrogens is 246 g/mol. The van der Waals surface area contributed by atoms with Crippen molar-refractivity contribution in [3.05, 3.63) is 46.0 Å². The van der Waals surface area contributed by atoms with Gasteiger partial charge in [-0.2, -0.15) is 0 Å². The molecule has 1 aromatic carbocycles. The fourth-order valence-electron chi connectivity index (χ4n) is 2.05. The number of nitrogens with zero attached hydrogens (tertiary/aromatic N) is 1. The van der Waals surface area contributed by atoms with Crippen LogP contribution in [0.5, 0.6) is 0 Å². The van der Waals surface area contributed by atoms with Crippen LogP contribution in [0.25, 0.3) is 0 Å². The first-order chi connectivity index (χ1) is 8.97. The number of nitrogens with two attached hydrogens (primary N) is 1. The van der Waals surface area contributed by atoms with Crippen molar-refractivity contribution in [3.63, 3.8) is 0 Å². The van der Waals surface area contributed by atoms with E-state index in [-0.39, 0.29) is 29.2 Å². The van der Waals surface area contributed by atoms with Crippen molar-refractivity contribution in [3.8, 4) is 0 Å². The number of aryl methyl sites for hydroxylation is 1. The fourth-order valence-corrected chi connectivity index (χ4v) is 2.05. The fraction of sp³-hybridized carbons (Fsp3) is 0.308. The minimum absolute atomic E-state index is 0.0976. The number of nitro groups is 1. The molecule has 6 heteroatoms. The van der Waals surface area contributed by atoms with Gasteiger partial charge in [0.2, 0.25) is 5.91 Å². The van der Waals surface area contributed by atoms with Gasteiger partial charge in [-0.25, -0.2) is 0 Å². The van der Waals surface area contributed by atoms with Crippen LogP contribution in [-0.4, -0.2) is 16.9 Å². The number of hydrogen-bond acceptors (Lipinski definition) is 4. The molecule has 0 spiro atoms. The second-order valence-electron chi connectivity index (χ2n) is 4.66. The lowest BCUT2D eigenvalue weighted by Gasteiger charge is -2.11. The highest BCUT2D eigenvalue weighted by molar-refractivity contribution is 5.96. The van der Waals surface area contributed by atoms with Crippen LogP contribution in [0.15, 0.2) is 30.4 Å². The van der Waals surface area contributed by atoms with E-state index in [1.165, 1.54) is 6.07 Å². The van der Waals surface area contributed by atoms with Crippen LogP contribution in [-0.2, 0) is 4.79 Å². The normalized spacial score (nSPS) is 21.4. The third kappa shape index (κ3) is 2.97. The van der Waals surface area contributed by atoms with E-state index in [0.29, 0.717) is 6.42 Å². The van der Waals surface area contributed by atoms with Gasteiger partial charge in [-0.15, -0.1) is 0 Å². The Morgan fingerprint density at radius 3 is 2.79 bits per heavy atom. The summed E-state index contributed by atoms with van der Waals surface area (Å²) in [6.45, 7) is 1.76. The van der Waals surface area contributed by atoms with Gasteiger partial charge in [-0.05, 0) is 25.0 Å². The Hall–Kier alpha value is -2.21. The first kappa shape index (κ1) is 13.2. The summed E-state index contributed by atoms with van der Waals surface area (Å²) in [4.78, 5) is 22.4. The molecule has 2 rings (SSSR count). The molecule has 6 nitrogen and oxygen atoms in total. The van der Waals surface area contributed by atoms with Gasteiger partial charge in [0.25, 0.3) is 5.69 Å². The van der Waals surface area contributed by atoms with Gasteiger partial charge in [-0.1, -0.05) is 18.2 Å². The van der Waals surface area contributed by atoms with Gasteiger partial charge in [0.15, 0.2) is 0 Å². The second-order valence-corrected chi connectivity index (χ2v) is 4.66. The number of nitrogens with one attached hydrogen (secondary N) is 1. The van der Waals surface area contributed by atoms with E-state index >= 15 is 0 Å². The molecule has 1 aliphatic rings. The standard InChI is InChI=1S/C13H15N3O3/c1-8-2-5-11(12(6-8)16(18)19)15-13(17)9-3-4-10(14)7-9/h2-6,9-10H,7,14H2,1H3,(H,15,17). The average molecular weight is 261 g/mol. The van der Waals surface area contributed by atoms with Gasteiger partial charge in [0.05, 0.1) is 10.8 Å². The molecule has 3 N–H and O–H groups in total. The molecule has 0 heterocycles. The number of carbonyl (C=O) groups excluding carboxylic acids is 1. The SMILES string of the molecule is Cc1ccc(NC(=O)C2C=CC(N)C2)c([N+](=O)[O-])c1. The molecule has 0 aliphatic heterocycles. The van der Waals surface area contributed by atoms with Crippen LogP contribution in [0.3, 0.4) is 0 Å². The van der Waals surface area contributed by atoms with E-state index in [9.17, 15) is 14.9 Å². The summed E-state index contributed by atoms with van der Waals surface area (Å²) in [7, 11) is 0. The van der Waals surface area contributed by atoms with Gasteiger partial charge < -0.3 is 11.1 Å². The van der Waals surface area contributed by atoms with E-state index in [0.717, 1.165) is 5.56 Å². The molecule has 0 radical (unpaired) electrons.